The molecular formula is C15H23N5O2. The number of rotatable bonds is 3. The third-order valence-corrected chi connectivity index (χ3v) is 4.57. The number of nitrogens with two attached hydrogens (primary N) is 1. The minimum atomic E-state index is -1.46. The summed E-state index contributed by atoms with van der Waals surface area (Å²) in [4.78, 5) is 24.3. The van der Waals surface area contributed by atoms with Gasteiger partial charge in [0.05, 0.1) is 6.54 Å². The van der Waals surface area contributed by atoms with Crippen LogP contribution in [0.1, 0.15) is 32.1 Å². The molecule has 3 N–H and O–H groups in total. The molecule has 22 heavy (non-hydrogen) atoms. The van der Waals surface area contributed by atoms with Crippen LogP contribution in [0.25, 0.3) is 0 Å². The van der Waals surface area contributed by atoms with E-state index in [2.05, 4.69) is 14.9 Å². The zero-order valence-electron chi connectivity index (χ0n) is 12.7. The summed E-state index contributed by atoms with van der Waals surface area (Å²) < 4.78 is 0. The lowest BCUT2D eigenvalue weighted by Crippen LogP contribution is -2.56. The van der Waals surface area contributed by atoms with Gasteiger partial charge in [0.2, 0.25) is 0 Å². The number of carbonyl (C=O) groups excluding carboxylic acids is 1. The topological polar surface area (TPSA) is 95.6 Å². The molecule has 0 radical (unpaired) electrons. The van der Waals surface area contributed by atoms with E-state index in [9.17, 15) is 9.90 Å². The van der Waals surface area contributed by atoms with Crippen LogP contribution >= 0.6 is 0 Å². The zero-order chi connectivity index (χ0) is 15.6. The second-order valence-corrected chi connectivity index (χ2v) is 6.20. The Hall–Kier alpha value is -1.89. The molecule has 1 atom stereocenters. The second-order valence-electron chi connectivity index (χ2n) is 6.20. The molecule has 0 aliphatic carbocycles. The van der Waals surface area contributed by atoms with E-state index < -0.39 is 11.5 Å². The maximum absolute atomic E-state index is 11.5. The average molecular weight is 305 g/mol. The van der Waals surface area contributed by atoms with Crippen LogP contribution in [0.3, 0.4) is 0 Å². The monoisotopic (exact) mass is 305 g/mol. The van der Waals surface area contributed by atoms with Crippen molar-refractivity contribution in [1.29, 1.82) is 0 Å². The summed E-state index contributed by atoms with van der Waals surface area (Å²) in [5, 5.41) is 10.3. The van der Waals surface area contributed by atoms with E-state index in [4.69, 9.17) is 5.73 Å². The van der Waals surface area contributed by atoms with Crippen LogP contribution < -0.4 is 15.5 Å². The van der Waals surface area contributed by atoms with Gasteiger partial charge in [0.25, 0.3) is 5.91 Å². The highest BCUT2D eigenvalue weighted by molar-refractivity contribution is 5.84. The number of primary amides is 1. The zero-order valence-corrected chi connectivity index (χ0v) is 12.7. The smallest absolute Gasteiger partial charge is 0.251 e. The van der Waals surface area contributed by atoms with Gasteiger partial charge in [0.15, 0.2) is 5.60 Å². The molecule has 2 saturated heterocycles. The maximum Gasteiger partial charge on any atom is 0.251 e. The molecule has 0 bridgehead atoms. The van der Waals surface area contributed by atoms with Gasteiger partial charge >= 0.3 is 0 Å². The number of hydrogen-bond acceptors (Lipinski definition) is 6. The van der Waals surface area contributed by atoms with Crippen LogP contribution in [0.4, 0.5) is 11.6 Å². The summed E-state index contributed by atoms with van der Waals surface area (Å²) >= 11 is 0. The van der Waals surface area contributed by atoms with Crippen molar-refractivity contribution >= 4 is 17.5 Å². The van der Waals surface area contributed by atoms with Crippen LogP contribution in [0.2, 0.25) is 0 Å². The molecule has 0 spiro atoms. The van der Waals surface area contributed by atoms with Crippen LogP contribution in [-0.2, 0) is 4.79 Å². The Kier molecular flexibility index (Phi) is 4.15. The fourth-order valence-electron chi connectivity index (χ4n) is 3.24. The molecule has 7 heteroatoms. The van der Waals surface area contributed by atoms with E-state index in [-0.39, 0.29) is 6.54 Å². The second kappa shape index (κ2) is 6.08. The van der Waals surface area contributed by atoms with Crippen molar-refractivity contribution in [1.82, 2.24) is 9.97 Å². The Morgan fingerprint density at radius 1 is 1.09 bits per heavy atom. The molecule has 3 heterocycles. The summed E-state index contributed by atoms with van der Waals surface area (Å²) in [6.45, 7) is 2.98. The first-order chi connectivity index (χ1) is 10.6. The highest BCUT2D eigenvalue weighted by Gasteiger charge is 2.39. The molecule has 0 aromatic carbocycles. The van der Waals surface area contributed by atoms with E-state index >= 15 is 0 Å². The first-order valence-corrected chi connectivity index (χ1v) is 7.93. The number of anilines is 2. The van der Waals surface area contributed by atoms with Gasteiger partial charge in [-0.25, -0.2) is 9.97 Å². The van der Waals surface area contributed by atoms with Crippen molar-refractivity contribution in [3.8, 4) is 0 Å². The predicted octanol–water partition coefficient (Wildman–Crippen LogP) is 0.283. The number of piperidine rings is 2. The molecule has 0 unspecified atom stereocenters. The largest absolute Gasteiger partial charge is 0.378 e. The van der Waals surface area contributed by atoms with E-state index in [1.54, 1.807) is 6.33 Å². The first kappa shape index (κ1) is 15.0. The number of amides is 1. The van der Waals surface area contributed by atoms with Gasteiger partial charge in [-0.1, -0.05) is 0 Å². The molecule has 2 aliphatic rings. The lowest BCUT2D eigenvalue weighted by molar-refractivity contribution is -0.137. The van der Waals surface area contributed by atoms with Gasteiger partial charge in [0, 0.05) is 25.7 Å². The summed E-state index contributed by atoms with van der Waals surface area (Å²) in [6.07, 6.45) is 6.31. The molecule has 1 aromatic rings. The Morgan fingerprint density at radius 3 is 2.41 bits per heavy atom. The van der Waals surface area contributed by atoms with E-state index in [0.29, 0.717) is 12.8 Å². The number of aliphatic hydroxyl groups is 1. The normalized spacial score (nSPS) is 26.0. The van der Waals surface area contributed by atoms with Crippen molar-refractivity contribution in [3.05, 3.63) is 12.4 Å². The number of nitrogens with zero attached hydrogens (tertiary/aromatic N) is 4. The van der Waals surface area contributed by atoms with Crippen molar-refractivity contribution in [2.75, 3.05) is 36.0 Å². The molecule has 120 valence electrons. The van der Waals surface area contributed by atoms with Crippen molar-refractivity contribution in [2.24, 2.45) is 5.73 Å². The summed E-state index contributed by atoms with van der Waals surface area (Å²) in [7, 11) is 0. The maximum atomic E-state index is 11.5. The lowest BCUT2D eigenvalue weighted by atomic mass is 9.92. The molecule has 0 saturated carbocycles. The predicted molar refractivity (Wildman–Crippen MR) is 83.7 cm³/mol. The number of aromatic nitrogens is 2. The summed E-state index contributed by atoms with van der Waals surface area (Å²) in [5.41, 5.74) is 3.87. The fraction of sp³-hybridized carbons (Fsp3) is 0.667. The first-order valence-electron chi connectivity index (χ1n) is 7.93. The van der Waals surface area contributed by atoms with Crippen LogP contribution in [0.15, 0.2) is 12.4 Å². The van der Waals surface area contributed by atoms with Crippen molar-refractivity contribution < 1.29 is 9.90 Å². The Balaban J connectivity index is 1.78. The standard InChI is InChI=1S/C15H23N5O2/c16-14(21)15(22)5-4-8-20(10-15)13-9-12(17-11-18-13)19-6-2-1-3-7-19/h9,11,22H,1-8,10H2,(H2,16,21)/t15-/m0/s1. The summed E-state index contributed by atoms with van der Waals surface area (Å²) in [5.74, 6) is 0.996. The number of β-amino-alcohol motifs (C(OH)–C–C–N with tert-alkyl or cyclic N) is 1. The third-order valence-electron chi connectivity index (χ3n) is 4.57. The molecular weight excluding hydrogens is 282 g/mol. The SMILES string of the molecule is NC(=O)[C@]1(O)CCCN(c2cc(N3CCCCC3)ncn2)C1. The Labute approximate surface area is 130 Å². The number of hydrogen-bond donors (Lipinski definition) is 2. The van der Waals surface area contributed by atoms with Gasteiger partial charge < -0.3 is 20.6 Å². The number of carbonyl (C=O) groups is 1. The quantitative estimate of drug-likeness (QED) is 0.833. The van der Waals surface area contributed by atoms with Crippen LogP contribution in [0.5, 0.6) is 0 Å². The van der Waals surface area contributed by atoms with E-state index in [1.807, 2.05) is 11.0 Å². The summed E-state index contributed by atoms with van der Waals surface area (Å²) in [6, 6.07) is 1.94. The van der Waals surface area contributed by atoms with Crippen molar-refractivity contribution in [3.63, 3.8) is 0 Å². The fourth-order valence-corrected chi connectivity index (χ4v) is 3.24. The van der Waals surface area contributed by atoms with E-state index in [1.165, 1.54) is 19.3 Å². The highest BCUT2D eigenvalue weighted by atomic mass is 16.3. The lowest BCUT2D eigenvalue weighted by Gasteiger charge is -2.38. The molecule has 1 amide bonds. The molecule has 2 fully saturated rings. The van der Waals surface area contributed by atoms with Crippen LogP contribution in [0, 0.1) is 0 Å². The Morgan fingerprint density at radius 2 is 1.73 bits per heavy atom. The van der Waals surface area contributed by atoms with Gasteiger partial charge in [-0.05, 0) is 32.1 Å². The van der Waals surface area contributed by atoms with Gasteiger partial charge in [-0.2, -0.15) is 0 Å². The average Bonchev–Trinajstić information content (AvgIpc) is 2.56. The molecule has 1 aromatic heterocycles. The molecule has 2 aliphatic heterocycles. The minimum absolute atomic E-state index is 0.193. The Bertz CT molecular complexity index is 546. The van der Waals surface area contributed by atoms with Gasteiger partial charge in [-0.3, -0.25) is 4.79 Å². The minimum Gasteiger partial charge on any atom is -0.378 e. The third kappa shape index (κ3) is 2.99. The molecule has 7 nitrogen and oxygen atoms in total. The van der Waals surface area contributed by atoms with Gasteiger partial charge in [0.1, 0.15) is 18.0 Å². The van der Waals surface area contributed by atoms with Crippen molar-refractivity contribution in [2.45, 2.75) is 37.7 Å². The highest BCUT2D eigenvalue weighted by Crippen LogP contribution is 2.27. The van der Waals surface area contributed by atoms with E-state index in [0.717, 1.165) is 31.3 Å². The van der Waals surface area contributed by atoms with Gasteiger partial charge in [-0.15, -0.1) is 0 Å². The molecule has 3 rings (SSSR count). The van der Waals surface area contributed by atoms with Crippen LogP contribution in [-0.4, -0.2) is 52.8 Å².